The zero-order chi connectivity index (χ0) is 14.2. The van der Waals surface area contributed by atoms with Crippen LogP contribution in [0, 0.1) is 6.45 Å². The minimum Gasteiger partial charge on any atom is -0.481 e. The van der Waals surface area contributed by atoms with Crippen LogP contribution >= 0.6 is 22.7 Å². The number of benzene rings is 1. The summed E-state index contributed by atoms with van der Waals surface area (Å²) >= 11 is 3.34. The SMILES string of the molecule is [NH-]c1ccn(-c2nc3ccc([I+]c4cccs4)cc3s2)n1. The van der Waals surface area contributed by atoms with Crippen LogP contribution in [0.15, 0.2) is 48.0 Å². The number of hydrogen-bond donors (Lipinski definition) is 0. The van der Waals surface area contributed by atoms with Gasteiger partial charge in [0.05, 0.1) is 10.2 Å². The topological polar surface area (TPSA) is 54.5 Å². The molecule has 0 aliphatic carbocycles. The average molecular weight is 424 g/mol. The highest BCUT2D eigenvalue weighted by Gasteiger charge is 2.18. The maximum atomic E-state index is 7.49. The Morgan fingerprint density at radius 3 is 2.90 bits per heavy atom. The number of halogens is 1. The molecular formula is C14H9IN4S2. The first kappa shape index (κ1) is 13.2. The minimum atomic E-state index is -0.105. The standard InChI is InChI=1S/C14H9IN4S2/c16-13-5-6-19(18-13)14-17-10-4-3-9(8-11(10)21-14)15-12-2-1-7-20-12/h1-8H,(H-,16,18). The van der Waals surface area contributed by atoms with Crippen molar-refractivity contribution in [2.75, 3.05) is 0 Å². The smallest absolute Gasteiger partial charge is 0.369 e. The van der Waals surface area contributed by atoms with Gasteiger partial charge in [-0.3, -0.25) is 0 Å². The molecule has 0 saturated heterocycles. The Balaban J connectivity index is 1.71. The van der Waals surface area contributed by atoms with Crippen LogP contribution < -0.4 is 21.2 Å². The van der Waals surface area contributed by atoms with Gasteiger partial charge in [-0.1, -0.05) is 22.7 Å². The Morgan fingerprint density at radius 2 is 2.14 bits per heavy atom. The number of rotatable bonds is 3. The van der Waals surface area contributed by atoms with Crippen LogP contribution in [-0.2, 0) is 0 Å². The molecule has 0 saturated carbocycles. The molecule has 7 heteroatoms. The molecule has 4 rings (SSSR count). The van der Waals surface area contributed by atoms with E-state index in [4.69, 9.17) is 5.73 Å². The second-order valence-corrected chi connectivity index (χ2v) is 9.90. The molecule has 4 nitrogen and oxygen atoms in total. The second-order valence-electron chi connectivity index (χ2n) is 4.27. The van der Waals surface area contributed by atoms with Crippen LogP contribution in [0.2, 0.25) is 0 Å². The van der Waals surface area contributed by atoms with Crippen LogP contribution in [0.1, 0.15) is 0 Å². The number of thiophene rings is 1. The largest absolute Gasteiger partial charge is 0.481 e. The summed E-state index contributed by atoms with van der Waals surface area (Å²) in [5, 5.41) is 7.05. The fraction of sp³-hybridized carbons (Fsp3) is 0. The third-order valence-corrected chi connectivity index (χ3v) is 7.94. The highest BCUT2D eigenvalue weighted by atomic mass is 127. The van der Waals surface area contributed by atoms with E-state index in [-0.39, 0.29) is 27.0 Å². The van der Waals surface area contributed by atoms with Crippen molar-refractivity contribution in [3.05, 3.63) is 60.2 Å². The van der Waals surface area contributed by atoms with E-state index in [1.54, 1.807) is 28.3 Å². The van der Waals surface area contributed by atoms with Crippen molar-refractivity contribution >= 4 is 38.7 Å². The Bertz CT molecular complexity index is 895. The summed E-state index contributed by atoms with van der Waals surface area (Å²) in [6, 6.07) is 12.5. The lowest BCUT2D eigenvalue weighted by Crippen LogP contribution is -3.61. The zero-order valence-corrected chi connectivity index (χ0v) is 14.4. The van der Waals surface area contributed by atoms with Gasteiger partial charge in [0.1, 0.15) is 0 Å². The molecule has 3 aromatic heterocycles. The van der Waals surface area contributed by atoms with Crippen LogP contribution in [0.3, 0.4) is 0 Å². The summed E-state index contributed by atoms with van der Waals surface area (Å²) in [5.74, 6) is 0.263. The van der Waals surface area contributed by atoms with E-state index < -0.39 is 0 Å². The lowest BCUT2D eigenvalue weighted by atomic mass is 10.3. The number of aromatic nitrogens is 3. The molecule has 0 unspecified atom stereocenters. The Hall–Kier alpha value is -1.45. The van der Waals surface area contributed by atoms with Crippen molar-refractivity contribution < 1.29 is 21.2 Å². The van der Waals surface area contributed by atoms with Crippen LogP contribution in [-0.4, -0.2) is 14.8 Å². The van der Waals surface area contributed by atoms with Gasteiger partial charge in [0.15, 0.2) is 8.70 Å². The molecule has 3 heterocycles. The monoisotopic (exact) mass is 424 g/mol. The molecule has 0 atom stereocenters. The first-order valence-electron chi connectivity index (χ1n) is 6.14. The second kappa shape index (κ2) is 5.39. The quantitative estimate of drug-likeness (QED) is 0.467. The normalized spacial score (nSPS) is 11.2. The molecule has 0 amide bonds. The maximum absolute atomic E-state index is 7.49. The molecule has 4 aromatic rings. The summed E-state index contributed by atoms with van der Waals surface area (Å²) in [4.78, 5) is 4.58. The van der Waals surface area contributed by atoms with Gasteiger partial charge in [0, 0.05) is 18.3 Å². The highest BCUT2D eigenvalue weighted by molar-refractivity contribution is 7.20. The summed E-state index contributed by atoms with van der Waals surface area (Å²) in [5.41, 5.74) is 8.49. The van der Waals surface area contributed by atoms with E-state index in [0.717, 1.165) is 10.6 Å². The van der Waals surface area contributed by atoms with Crippen LogP contribution in [0.5, 0.6) is 0 Å². The van der Waals surface area contributed by atoms with E-state index in [1.165, 1.54) is 11.2 Å². The van der Waals surface area contributed by atoms with Crippen LogP contribution in [0.4, 0.5) is 5.82 Å². The van der Waals surface area contributed by atoms with E-state index in [2.05, 4.69) is 45.8 Å². The molecule has 0 fully saturated rings. The number of nitrogens with one attached hydrogen (secondary N) is 1. The molecule has 104 valence electrons. The van der Waals surface area contributed by atoms with Gasteiger partial charge in [0.25, 0.3) is 0 Å². The van der Waals surface area contributed by atoms with Gasteiger partial charge in [-0.05, 0) is 35.5 Å². The lowest BCUT2D eigenvalue weighted by molar-refractivity contribution is -0.591. The zero-order valence-electron chi connectivity index (χ0n) is 10.7. The third kappa shape index (κ3) is 2.68. The van der Waals surface area contributed by atoms with Crippen molar-refractivity contribution in [1.29, 1.82) is 0 Å². The van der Waals surface area contributed by atoms with E-state index >= 15 is 0 Å². The highest BCUT2D eigenvalue weighted by Crippen LogP contribution is 2.24. The number of fused-ring (bicyclic) bond motifs is 1. The van der Waals surface area contributed by atoms with Gasteiger partial charge in [-0.25, -0.2) is 4.98 Å². The first-order valence-corrected chi connectivity index (χ1v) is 10.00. The van der Waals surface area contributed by atoms with Gasteiger partial charge in [0.2, 0.25) is 2.88 Å². The molecule has 0 aliphatic heterocycles. The molecule has 0 spiro atoms. The maximum Gasteiger partial charge on any atom is 0.369 e. The van der Waals surface area contributed by atoms with Gasteiger partial charge in [-0.15, -0.1) is 0 Å². The van der Waals surface area contributed by atoms with Crippen molar-refractivity contribution in [2.24, 2.45) is 0 Å². The van der Waals surface area contributed by atoms with Crippen molar-refractivity contribution in [1.82, 2.24) is 14.8 Å². The van der Waals surface area contributed by atoms with Gasteiger partial charge >= 0.3 is 21.2 Å². The molecule has 21 heavy (non-hydrogen) atoms. The minimum absolute atomic E-state index is 0.105. The van der Waals surface area contributed by atoms with Gasteiger partial charge < -0.3 is 15.5 Å². The molecule has 1 N–H and O–H groups in total. The average Bonchev–Trinajstić information content (AvgIpc) is 3.18. The summed E-state index contributed by atoms with van der Waals surface area (Å²) < 4.78 is 5.73. The van der Waals surface area contributed by atoms with E-state index in [9.17, 15) is 0 Å². The Morgan fingerprint density at radius 1 is 1.19 bits per heavy atom. The third-order valence-electron chi connectivity index (χ3n) is 2.81. The summed E-state index contributed by atoms with van der Waals surface area (Å²) in [6.07, 6.45) is 1.78. The first-order chi connectivity index (χ1) is 10.3. The fourth-order valence-corrected chi connectivity index (χ4v) is 6.78. The van der Waals surface area contributed by atoms with Gasteiger partial charge in [-0.2, -0.15) is 0 Å². The number of thiazole rings is 1. The molecule has 0 aliphatic rings. The van der Waals surface area contributed by atoms with E-state index in [1.807, 2.05) is 11.3 Å². The van der Waals surface area contributed by atoms with Crippen LogP contribution in [0.25, 0.3) is 21.1 Å². The lowest BCUT2D eigenvalue weighted by Gasteiger charge is -1.99. The molecule has 0 bridgehead atoms. The molecule has 1 aromatic carbocycles. The van der Waals surface area contributed by atoms with Crippen molar-refractivity contribution in [3.63, 3.8) is 0 Å². The molecular weight excluding hydrogens is 415 g/mol. The fourth-order valence-electron chi connectivity index (χ4n) is 1.89. The van der Waals surface area contributed by atoms with Crippen molar-refractivity contribution in [3.8, 4) is 5.13 Å². The summed E-state index contributed by atoms with van der Waals surface area (Å²) in [6.45, 7) is 0. The van der Waals surface area contributed by atoms with Crippen molar-refractivity contribution in [2.45, 2.75) is 0 Å². The predicted octanol–water partition coefficient (Wildman–Crippen LogP) is 1.36. The Labute approximate surface area is 139 Å². The number of hydrogen-bond acceptors (Lipinski definition) is 4. The predicted molar refractivity (Wildman–Crippen MR) is 82.4 cm³/mol. The molecule has 0 radical (unpaired) electrons. The van der Waals surface area contributed by atoms with E-state index in [0.29, 0.717) is 0 Å². The summed E-state index contributed by atoms with van der Waals surface area (Å²) in [7, 11) is 0. The Kier molecular flexibility index (Phi) is 3.40. The number of nitrogens with zero attached hydrogens (tertiary/aromatic N) is 3.